The number of nitrogens with zero attached hydrogens (tertiary/aromatic N) is 3. The maximum Gasteiger partial charge on any atom is 0.457 e. The minimum Gasteiger partial charge on any atom is -0.421 e. The average Bonchev–Trinajstić information content (AvgIpc) is 3.20. The lowest BCUT2D eigenvalue weighted by atomic mass is 9.97. The van der Waals surface area contributed by atoms with Gasteiger partial charge in [-0.1, -0.05) is 6.07 Å². The van der Waals surface area contributed by atoms with E-state index in [1.165, 1.54) is 30.4 Å². The van der Waals surface area contributed by atoms with Crippen molar-refractivity contribution >= 4 is 11.6 Å². The van der Waals surface area contributed by atoms with Crippen molar-refractivity contribution in [2.24, 2.45) is 0 Å². The maximum absolute atomic E-state index is 13.3. The fraction of sp³-hybridized carbons (Fsp3) is 0.238. The number of aromatic nitrogens is 2. The summed E-state index contributed by atoms with van der Waals surface area (Å²) in [6.45, 7) is 1.33. The van der Waals surface area contributed by atoms with Crippen LogP contribution in [-0.4, -0.2) is 22.4 Å². The molecule has 0 aliphatic heterocycles. The van der Waals surface area contributed by atoms with E-state index in [2.05, 4.69) is 15.5 Å². The largest absolute Gasteiger partial charge is 0.457 e. The van der Waals surface area contributed by atoms with Crippen molar-refractivity contribution < 1.29 is 35.6 Å². The lowest BCUT2D eigenvalue weighted by molar-refractivity contribution is -0.164. The molecule has 0 saturated heterocycles. The molecule has 13 heteroatoms. The molecule has 0 aliphatic rings. The van der Waals surface area contributed by atoms with E-state index in [1.807, 2.05) is 0 Å². The van der Waals surface area contributed by atoms with Crippen LogP contribution in [0.2, 0.25) is 0 Å². The van der Waals surface area contributed by atoms with Crippen molar-refractivity contribution in [2.75, 3.05) is 5.32 Å². The number of carbonyl (C=O) groups excluding carboxylic acids is 1. The topological polar surface area (TPSA) is 104 Å². The van der Waals surface area contributed by atoms with Crippen molar-refractivity contribution in [3.63, 3.8) is 0 Å². The van der Waals surface area contributed by atoms with Gasteiger partial charge in [-0.2, -0.15) is 31.6 Å². The van der Waals surface area contributed by atoms with Crippen LogP contribution in [0.4, 0.5) is 32.0 Å². The fourth-order valence-corrected chi connectivity index (χ4v) is 3.09. The highest BCUT2D eigenvalue weighted by Crippen LogP contribution is 2.35. The number of rotatable bonds is 6. The number of hydrogen-bond acceptors (Lipinski definition) is 6. The molecule has 1 unspecified atom stereocenters. The Bertz CT molecular complexity index is 1210. The Kier molecular flexibility index (Phi) is 6.92. The van der Waals surface area contributed by atoms with E-state index in [1.54, 1.807) is 12.1 Å². The number of anilines is 1. The number of nitriles is 1. The third kappa shape index (κ3) is 6.32. The molecule has 1 heterocycles. The van der Waals surface area contributed by atoms with E-state index >= 15 is 0 Å². The van der Waals surface area contributed by atoms with Gasteiger partial charge in [0.15, 0.2) is 0 Å². The number of nitrogens with one attached hydrogen (secondary N) is 2. The first-order chi connectivity index (χ1) is 15.9. The molecule has 3 aromatic rings. The van der Waals surface area contributed by atoms with Crippen LogP contribution in [0.25, 0.3) is 11.5 Å². The van der Waals surface area contributed by atoms with Gasteiger partial charge >= 0.3 is 12.5 Å². The molecule has 0 aliphatic carbocycles. The molecule has 0 spiro atoms. The third-order valence-corrected chi connectivity index (χ3v) is 4.51. The molecule has 7 nitrogen and oxygen atoms in total. The van der Waals surface area contributed by atoms with Crippen LogP contribution in [0.5, 0.6) is 0 Å². The summed E-state index contributed by atoms with van der Waals surface area (Å²) in [5.74, 6) is -0.584. The molecule has 3 rings (SSSR count). The van der Waals surface area contributed by atoms with Crippen LogP contribution in [0.15, 0.2) is 46.9 Å². The second-order valence-electron chi connectivity index (χ2n) is 7.07. The molecular weight excluding hydrogens is 468 g/mol. The van der Waals surface area contributed by atoms with Gasteiger partial charge in [0, 0.05) is 30.6 Å². The molecule has 2 aromatic carbocycles. The van der Waals surface area contributed by atoms with Crippen molar-refractivity contribution in [3.8, 4) is 17.5 Å². The van der Waals surface area contributed by atoms with Gasteiger partial charge in [0.05, 0.1) is 17.2 Å². The average molecular weight is 483 g/mol. The van der Waals surface area contributed by atoms with E-state index in [4.69, 9.17) is 9.68 Å². The zero-order chi connectivity index (χ0) is 25.1. The lowest BCUT2D eigenvalue weighted by Crippen LogP contribution is -2.36. The van der Waals surface area contributed by atoms with E-state index in [0.29, 0.717) is 17.3 Å². The number of amides is 1. The summed E-state index contributed by atoms with van der Waals surface area (Å²) in [7, 11) is 0. The van der Waals surface area contributed by atoms with Gasteiger partial charge in [-0.25, -0.2) is 5.32 Å². The first-order valence-corrected chi connectivity index (χ1v) is 9.52. The van der Waals surface area contributed by atoms with Crippen molar-refractivity contribution in [1.29, 1.82) is 5.26 Å². The van der Waals surface area contributed by atoms with Gasteiger partial charge in [-0.3, -0.25) is 4.79 Å². The molecular formula is C21H15F6N5O2. The van der Waals surface area contributed by atoms with Crippen LogP contribution in [0.3, 0.4) is 0 Å². The summed E-state index contributed by atoms with van der Waals surface area (Å²) in [5, 5.41) is 20.2. The Morgan fingerprint density at radius 3 is 2.32 bits per heavy atom. The molecule has 2 N–H and O–H groups in total. The lowest BCUT2D eigenvalue weighted by Gasteiger charge is -2.21. The summed E-state index contributed by atoms with van der Waals surface area (Å²) in [6, 6.07) is 8.11. The SMILES string of the molecule is CC(=O)Nc1ccc(-c2nnc(CC(NC(F)(F)F)c3ccc(C#N)c(C(F)(F)F)c3)o2)cc1. The highest BCUT2D eigenvalue weighted by atomic mass is 19.4. The Balaban J connectivity index is 1.89. The summed E-state index contributed by atoms with van der Waals surface area (Å²) < 4.78 is 84.5. The minimum atomic E-state index is -4.94. The van der Waals surface area contributed by atoms with Gasteiger partial charge in [0.2, 0.25) is 17.7 Å². The minimum absolute atomic E-state index is 0.0362. The predicted molar refractivity (Wildman–Crippen MR) is 106 cm³/mol. The fourth-order valence-electron chi connectivity index (χ4n) is 3.09. The highest BCUT2D eigenvalue weighted by molar-refractivity contribution is 5.88. The van der Waals surface area contributed by atoms with Crippen LogP contribution >= 0.6 is 0 Å². The number of hydrogen-bond donors (Lipinski definition) is 2. The quantitative estimate of drug-likeness (QED) is 0.379. The van der Waals surface area contributed by atoms with E-state index in [-0.39, 0.29) is 23.3 Å². The molecule has 34 heavy (non-hydrogen) atoms. The van der Waals surface area contributed by atoms with Gasteiger partial charge in [-0.05, 0) is 42.0 Å². The Morgan fingerprint density at radius 2 is 1.76 bits per heavy atom. The van der Waals surface area contributed by atoms with Crippen LogP contribution in [-0.2, 0) is 17.4 Å². The van der Waals surface area contributed by atoms with Gasteiger partial charge in [-0.15, -0.1) is 10.2 Å². The summed E-state index contributed by atoms with van der Waals surface area (Å²) in [5.41, 5.74) is -1.54. The second-order valence-corrected chi connectivity index (χ2v) is 7.07. The number of carbonyl (C=O) groups is 1. The summed E-state index contributed by atoms with van der Waals surface area (Å²) in [6.07, 6.45) is -10.5. The van der Waals surface area contributed by atoms with Gasteiger partial charge < -0.3 is 9.73 Å². The van der Waals surface area contributed by atoms with Crippen molar-refractivity contribution in [2.45, 2.75) is 31.9 Å². The zero-order valence-electron chi connectivity index (χ0n) is 17.3. The smallest absolute Gasteiger partial charge is 0.421 e. The molecule has 0 saturated carbocycles. The van der Waals surface area contributed by atoms with Gasteiger partial charge in [0.25, 0.3) is 0 Å². The third-order valence-electron chi connectivity index (χ3n) is 4.51. The Morgan fingerprint density at radius 1 is 1.09 bits per heavy atom. The number of alkyl halides is 6. The first-order valence-electron chi connectivity index (χ1n) is 9.52. The monoisotopic (exact) mass is 483 g/mol. The highest BCUT2D eigenvalue weighted by Gasteiger charge is 2.37. The van der Waals surface area contributed by atoms with Gasteiger partial charge in [0.1, 0.15) is 0 Å². The van der Waals surface area contributed by atoms with E-state index in [9.17, 15) is 31.1 Å². The molecule has 0 radical (unpaired) electrons. The zero-order valence-corrected chi connectivity index (χ0v) is 17.3. The molecule has 1 atom stereocenters. The summed E-state index contributed by atoms with van der Waals surface area (Å²) >= 11 is 0. The molecule has 0 bridgehead atoms. The molecule has 1 aromatic heterocycles. The standard InChI is InChI=1S/C21H15F6N5O2/c1-11(33)29-15-6-4-12(5-7-15)19-32-31-18(34-19)9-17(30-21(25,26)27)13-2-3-14(10-28)16(8-13)20(22,23)24/h2-8,17,30H,9H2,1H3,(H,29,33). The Hall–Kier alpha value is -3.92. The normalized spacial score (nSPS) is 12.8. The predicted octanol–water partition coefficient (Wildman–Crippen LogP) is 4.98. The van der Waals surface area contributed by atoms with E-state index in [0.717, 1.165) is 12.1 Å². The molecule has 1 amide bonds. The molecule has 178 valence electrons. The Labute approximate surface area is 188 Å². The summed E-state index contributed by atoms with van der Waals surface area (Å²) in [4.78, 5) is 11.1. The van der Waals surface area contributed by atoms with Crippen molar-refractivity contribution in [3.05, 3.63) is 65.0 Å². The maximum atomic E-state index is 13.3. The van der Waals surface area contributed by atoms with Crippen molar-refractivity contribution in [1.82, 2.24) is 15.5 Å². The van der Waals surface area contributed by atoms with Crippen LogP contribution < -0.4 is 10.6 Å². The first kappa shape index (κ1) is 24.7. The van der Waals surface area contributed by atoms with E-state index < -0.39 is 36.1 Å². The van der Waals surface area contributed by atoms with Crippen LogP contribution in [0, 0.1) is 11.3 Å². The number of benzene rings is 2. The molecule has 0 fully saturated rings. The second kappa shape index (κ2) is 9.52. The van der Waals surface area contributed by atoms with Crippen LogP contribution in [0.1, 0.15) is 35.5 Å². The number of halogens is 6.